The summed E-state index contributed by atoms with van der Waals surface area (Å²) in [5.74, 6) is 1.42. The van der Waals surface area contributed by atoms with E-state index in [1.165, 1.54) is 12.8 Å². The molecule has 0 saturated carbocycles. The normalized spacial score (nSPS) is 28.6. The van der Waals surface area contributed by atoms with E-state index >= 15 is 0 Å². The van der Waals surface area contributed by atoms with Crippen molar-refractivity contribution in [3.05, 3.63) is 11.7 Å². The third kappa shape index (κ3) is 3.19. The highest BCUT2D eigenvalue weighted by atomic mass is 16.5. The number of morpholine rings is 1. The Morgan fingerprint density at radius 2 is 2.35 bits per heavy atom. The molecule has 0 aliphatic carbocycles. The van der Waals surface area contributed by atoms with E-state index in [2.05, 4.69) is 27.3 Å². The number of aromatic nitrogens is 2. The van der Waals surface area contributed by atoms with Gasteiger partial charge in [-0.15, -0.1) is 0 Å². The van der Waals surface area contributed by atoms with Gasteiger partial charge in [0.2, 0.25) is 11.7 Å². The SMILES string of the molecule is CCCN1CCOC(c2noc([C@H]3CCCCN3)n2)C1. The summed E-state index contributed by atoms with van der Waals surface area (Å²) in [7, 11) is 0. The van der Waals surface area contributed by atoms with Crippen molar-refractivity contribution in [2.75, 3.05) is 32.8 Å². The molecule has 2 fully saturated rings. The minimum Gasteiger partial charge on any atom is -0.367 e. The van der Waals surface area contributed by atoms with E-state index in [9.17, 15) is 0 Å². The Bertz CT molecular complexity index is 415. The first-order valence-electron chi connectivity index (χ1n) is 7.77. The highest BCUT2D eigenvalue weighted by molar-refractivity contribution is 4.98. The Labute approximate surface area is 119 Å². The molecule has 0 radical (unpaired) electrons. The van der Waals surface area contributed by atoms with Crippen LogP contribution in [0, 0.1) is 0 Å². The van der Waals surface area contributed by atoms with Crippen LogP contribution in [0.2, 0.25) is 0 Å². The lowest BCUT2D eigenvalue weighted by Crippen LogP contribution is -2.39. The number of hydrogen-bond acceptors (Lipinski definition) is 6. The zero-order valence-electron chi connectivity index (χ0n) is 12.2. The average molecular weight is 280 g/mol. The largest absolute Gasteiger partial charge is 0.367 e. The van der Waals surface area contributed by atoms with Crippen molar-refractivity contribution in [1.82, 2.24) is 20.4 Å². The zero-order chi connectivity index (χ0) is 13.8. The molecule has 0 aromatic carbocycles. The van der Waals surface area contributed by atoms with Gasteiger partial charge in [-0.25, -0.2) is 0 Å². The van der Waals surface area contributed by atoms with Gasteiger partial charge in [-0.2, -0.15) is 4.98 Å². The molecular weight excluding hydrogens is 256 g/mol. The minimum absolute atomic E-state index is 0.0450. The Balaban J connectivity index is 1.63. The molecule has 3 heterocycles. The second kappa shape index (κ2) is 6.65. The Morgan fingerprint density at radius 1 is 1.40 bits per heavy atom. The van der Waals surface area contributed by atoms with Crippen LogP contribution in [0.25, 0.3) is 0 Å². The van der Waals surface area contributed by atoms with Crippen LogP contribution >= 0.6 is 0 Å². The van der Waals surface area contributed by atoms with E-state index in [4.69, 9.17) is 9.26 Å². The van der Waals surface area contributed by atoms with Crippen LogP contribution < -0.4 is 5.32 Å². The highest BCUT2D eigenvalue weighted by Gasteiger charge is 2.28. The number of piperidine rings is 1. The molecule has 1 aromatic heterocycles. The van der Waals surface area contributed by atoms with Crippen LogP contribution in [-0.4, -0.2) is 47.8 Å². The summed E-state index contributed by atoms with van der Waals surface area (Å²) in [6.45, 7) is 6.95. The van der Waals surface area contributed by atoms with Gasteiger partial charge in [-0.1, -0.05) is 18.5 Å². The molecule has 112 valence electrons. The van der Waals surface area contributed by atoms with Gasteiger partial charge in [-0.3, -0.25) is 4.90 Å². The molecule has 20 heavy (non-hydrogen) atoms. The van der Waals surface area contributed by atoms with Crippen molar-refractivity contribution in [2.45, 2.75) is 44.8 Å². The smallest absolute Gasteiger partial charge is 0.243 e. The Kier molecular flexibility index (Phi) is 4.65. The average Bonchev–Trinajstić information content (AvgIpc) is 2.99. The molecule has 1 aromatic rings. The third-order valence-electron chi connectivity index (χ3n) is 4.04. The fraction of sp³-hybridized carbons (Fsp3) is 0.857. The van der Waals surface area contributed by atoms with Crippen molar-refractivity contribution >= 4 is 0 Å². The predicted molar refractivity (Wildman–Crippen MR) is 74.3 cm³/mol. The fourth-order valence-electron chi connectivity index (χ4n) is 2.96. The first kappa shape index (κ1) is 14.0. The summed E-state index contributed by atoms with van der Waals surface area (Å²) < 4.78 is 11.2. The van der Waals surface area contributed by atoms with Gasteiger partial charge in [0.1, 0.15) is 6.10 Å². The van der Waals surface area contributed by atoms with Crippen molar-refractivity contribution in [2.24, 2.45) is 0 Å². The molecule has 1 unspecified atom stereocenters. The van der Waals surface area contributed by atoms with E-state index in [1.807, 2.05) is 0 Å². The van der Waals surface area contributed by atoms with Crippen molar-refractivity contribution < 1.29 is 9.26 Å². The quantitative estimate of drug-likeness (QED) is 0.905. The van der Waals surface area contributed by atoms with Gasteiger partial charge < -0.3 is 14.6 Å². The molecule has 2 saturated heterocycles. The van der Waals surface area contributed by atoms with Crippen LogP contribution in [0.1, 0.15) is 56.5 Å². The lowest BCUT2D eigenvalue weighted by Gasteiger charge is -2.30. The second-order valence-electron chi connectivity index (χ2n) is 5.65. The minimum atomic E-state index is -0.0450. The predicted octanol–water partition coefficient (Wildman–Crippen LogP) is 1.67. The molecular formula is C14H24N4O2. The third-order valence-corrected chi connectivity index (χ3v) is 4.04. The maximum Gasteiger partial charge on any atom is 0.243 e. The van der Waals surface area contributed by atoms with Crippen LogP contribution in [0.15, 0.2) is 4.52 Å². The first-order chi connectivity index (χ1) is 9.86. The number of nitrogens with zero attached hydrogens (tertiary/aromatic N) is 3. The van der Waals surface area contributed by atoms with E-state index in [0.717, 1.165) is 51.5 Å². The Morgan fingerprint density at radius 3 is 3.15 bits per heavy atom. The molecule has 2 aliphatic heterocycles. The Hall–Kier alpha value is -0.980. The topological polar surface area (TPSA) is 63.4 Å². The molecule has 1 N–H and O–H groups in total. The zero-order valence-corrected chi connectivity index (χ0v) is 12.2. The van der Waals surface area contributed by atoms with Crippen molar-refractivity contribution in [1.29, 1.82) is 0 Å². The molecule has 2 atom stereocenters. The summed E-state index contributed by atoms with van der Waals surface area (Å²) in [6.07, 6.45) is 4.65. The van der Waals surface area contributed by atoms with Gasteiger partial charge in [0.05, 0.1) is 12.6 Å². The van der Waals surface area contributed by atoms with E-state index in [-0.39, 0.29) is 12.1 Å². The van der Waals surface area contributed by atoms with Gasteiger partial charge in [0.25, 0.3) is 0 Å². The molecule has 6 nitrogen and oxygen atoms in total. The molecule has 0 amide bonds. The van der Waals surface area contributed by atoms with Gasteiger partial charge in [0.15, 0.2) is 0 Å². The number of rotatable bonds is 4. The number of ether oxygens (including phenoxy) is 1. The standard InChI is InChI=1S/C14H24N4O2/c1-2-7-18-8-9-19-12(10-18)13-16-14(20-17-13)11-5-3-4-6-15-11/h11-12,15H,2-10H2,1H3/t11-,12?/m1/s1. The van der Waals surface area contributed by atoms with Gasteiger partial charge >= 0.3 is 0 Å². The van der Waals surface area contributed by atoms with Crippen LogP contribution in [0.3, 0.4) is 0 Å². The summed E-state index contributed by atoms with van der Waals surface area (Å²) >= 11 is 0. The molecule has 2 aliphatic rings. The summed E-state index contributed by atoms with van der Waals surface area (Å²) in [4.78, 5) is 6.97. The van der Waals surface area contributed by atoms with E-state index < -0.39 is 0 Å². The van der Waals surface area contributed by atoms with Gasteiger partial charge in [0, 0.05) is 13.1 Å². The molecule has 3 rings (SSSR count). The summed E-state index contributed by atoms with van der Waals surface area (Å²) in [5, 5.41) is 7.57. The number of hydrogen-bond donors (Lipinski definition) is 1. The van der Waals surface area contributed by atoms with Crippen LogP contribution in [-0.2, 0) is 4.74 Å². The lowest BCUT2D eigenvalue weighted by molar-refractivity contribution is -0.0350. The molecule has 0 bridgehead atoms. The maximum atomic E-state index is 5.79. The number of nitrogens with one attached hydrogen (secondary N) is 1. The molecule has 0 spiro atoms. The maximum absolute atomic E-state index is 5.79. The summed E-state index contributed by atoms with van der Waals surface area (Å²) in [5.41, 5.74) is 0. The lowest BCUT2D eigenvalue weighted by atomic mass is 10.1. The van der Waals surface area contributed by atoms with E-state index in [0.29, 0.717) is 5.82 Å². The summed E-state index contributed by atoms with van der Waals surface area (Å²) in [6, 6.07) is 0.223. The highest BCUT2D eigenvalue weighted by Crippen LogP contribution is 2.25. The van der Waals surface area contributed by atoms with Gasteiger partial charge in [-0.05, 0) is 32.4 Å². The van der Waals surface area contributed by atoms with Crippen LogP contribution in [0.4, 0.5) is 0 Å². The van der Waals surface area contributed by atoms with E-state index in [1.54, 1.807) is 0 Å². The van der Waals surface area contributed by atoms with Crippen LogP contribution in [0.5, 0.6) is 0 Å². The molecule has 6 heteroatoms. The fourth-order valence-corrected chi connectivity index (χ4v) is 2.96. The second-order valence-corrected chi connectivity index (χ2v) is 5.65. The first-order valence-corrected chi connectivity index (χ1v) is 7.77. The monoisotopic (exact) mass is 280 g/mol. The van der Waals surface area contributed by atoms with Crippen molar-refractivity contribution in [3.8, 4) is 0 Å². The van der Waals surface area contributed by atoms with Crippen molar-refractivity contribution in [3.63, 3.8) is 0 Å².